The van der Waals surface area contributed by atoms with Crippen LogP contribution < -0.4 is 5.14 Å². The summed E-state index contributed by atoms with van der Waals surface area (Å²) in [6.45, 7) is 6.18. The third kappa shape index (κ3) is 4.63. The van der Waals surface area contributed by atoms with Gasteiger partial charge in [0.2, 0.25) is 15.8 Å². The smallest absolute Gasteiger partial charge is 0.338 e. The Bertz CT molecular complexity index is 1340. The number of ether oxygens (including phenoxy) is 1. The third-order valence-electron chi connectivity index (χ3n) is 5.21. The van der Waals surface area contributed by atoms with E-state index in [4.69, 9.17) is 9.88 Å². The van der Waals surface area contributed by atoms with E-state index >= 15 is 0 Å². The van der Waals surface area contributed by atoms with E-state index in [0.29, 0.717) is 28.1 Å². The molecule has 0 aliphatic carbocycles. The van der Waals surface area contributed by atoms with Gasteiger partial charge in [-0.25, -0.2) is 22.7 Å². The van der Waals surface area contributed by atoms with Crippen LogP contribution in [0.2, 0.25) is 0 Å². The number of aryl methyl sites for hydroxylation is 3. The molecule has 0 saturated carbocycles. The highest BCUT2D eigenvalue weighted by atomic mass is 32.2. The molecule has 0 atom stereocenters. The van der Waals surface area contributed by atoms with Crippen LogP contribution >= 0.6 is 0 Å². The molecule has 9 heteroatoms. The molecule has 0 fully saturated rings. The number of hydrogen-bond donors (Lipinski definition) is 1. The fourth-order valence-corrected chi connectivity index (χ4v) is 4.30. The molecule has 0 bridgehead atoms. The molecule has 0 spiro atoms. The van der Waals surface area contributed by atoms with Crippen molar-refractivity contribution in [2.75, 3.05) is 6.61 Å². The van der Waals surface area contributed by atoms with Gasteiger partial charge >= 0.3 is 5.97 Å². The number of nitrogens with zero attached hydrogens (tertiary/aromatic N) is 1. The van der Waals surface area contributed by atoms with Crippen molar-refractivity contribution < 1.29 is 27.1 Å². The van der Waals surface area contributed by atoms with Crippen LogP contribution in [0.4, 0.5) is 4.39 Å². The van der Waals surface area contributed by atoms with Crippen LogP contribution in [-0.4, -0.2) is 31.3 Å². The summed E-state index contributed by atoms with van der Waals surface area (Å²) in [6, 6.07) is 10.4. The number of halogens is 1. The monoisotopic (exact) mass is 458 g/mol. The van der Waals surface area contributed by atoms with E-state index < -0.39 is 28.4 Å². The standard InChI is InChI=1S/C23H23FN2O5S/c1-13-6-8-18(11-20(13)24)26-15(3)9-19(16(26)4)21(27)12-31-23(28)17-7-5-14(2)22(10-17)32(25,29)30/h5-11H,12H2,1-4H3,(H2,25,29,30). The van der Waals surface area contributed by atoms with Gasteiger partial charge in [0.15, 0.2) is 6.61 Å². The summed E-state index contributed by atoms with van der Waals surface area (Å²) in [5.74, 6) is -1.64. The lowest BCUT2D eigenvalue weighted by molar-refractivity contribution is 0.0474. The van der Waals surface area contributed by atoms with Gasteiger partial charge in [0, 0.05) is 22.6 Å². The number of Topliss-reactive ketones (excluding diaryl/α,β-unsaturated/α-hetero) is 1. The first kappa shape index (κ1) is 23.4. The van der Waals surface area contributed by atoms with Crippen LogP contribution in [-0.2, 0) is 14.8 Å². The van der Waals surface area contributed by atoms with Crippen LogP contribution in [0.5, 0.6) is 0 Å². The molecular formula is C23H23FN2O5S. The minimum Gasteiger partial charge on any atom is -0.454 e. The lowest BCUT2D eigenvalue weighted by Gasteiger charge is -2.11. The maximum atomic E-state index is 14.0. The maximum Gasteiger partial charge on any atom is 0.338 e. The Morgan fingerprint density at radius 3 is 2.28 bits per heavy atom. The lowest BCUT2D eigenvalue weighted by atomic mass is 10.1. The SMILES string of the molecule is Cc1ccc(-n2c(C)cc(C(=O)COC(=O)c3ccc(C)c(S(N)(=O)=O)c3)c2C)cc1F. The number of sulfonamides is 1. The lowest BCUT2D eigenvalue weighted by Crippen LogP contribution is -2.17. The Morgan fingerprint density at radius 1 is 1.00 bits per heavy atom. The number of nitrogens with two attached hydrogens (primary N) is 1. The molecule has 0 aliphatic heterocycles. The van der Waals surface area contributed by atoms with Crippen molar-refractivity contribution in [2.45, 2.75) is 32.6 Å². The number of esters is 1. The second-order valence-corrected chi connectivity index (χ2v) is 9.11. The Labute approximate surface area is 185 Å². The highest BCUT2D eigenvalue weighted by molar-refractivity contribution is 7.89. The number of ketones is 1. The molecule has 3 aromatic rings. The highest BCUT2D eigenvalue weighted by Crippen LogP contribution is 2.23. The molecule has 0 amide bonds. The van der Waals surface area contributed by atoms with Gasteiger partial charge in [-0.05, 0) is 69.2 Å². The van der Waals surface area contributed by atoms with E-state index in [-0.39, 0.29) is 16.3 Å². The van der Waals surface area contributed by atoms with Gasteiger partial charge in [-0.3, -0.25) is 4.79 Å². The summed E-state index contributed by atoms with van der Waals surface area (Å²) in [5.41, 5.74) is 3.09. The number of primary sulfonamides is 1. The molecule has 0 aliphatic rings. The topological polar surface area (TPSA) is 108 Å². The molecule has 1 heterocycles. The molecule has 168 valence electrons. The first-order valence-electron chi connectivity index (χ1n) is 9.69. The van der Waals surface area contributed by atoms with Gasteiger partial charge < -0.3 is 9.30 Å². The Kier molecular flexibility index (Phi) is 6.34. The van der Waals surface area contributed by atoms with Gasteiger partial charge in [0.05, 0.1) is 10.5 Å². The second-order valence-electron chi connectivity index (χ2n) is 7.58. The summed E-state index contributed by atoms with van der Waals surface area (Å²) in [4.78, 5) is 24.9. The Balaban J connectivity index is 1.80. The molecule has 0 radical (unpaired) electrons. The molecule has 2 N–H and O–H groups in total. The average Bonchev–Trinajstić information content (AvgIpc) is 3.01. The summed E-state index contributed by atoms with van der Waals surface area (Å²) >= 11 is 0. The highest BCUT2D eigenvalue weighted by Gasteiger charge is 2.20. The molecule has 2 aromatic carbocycles. The van der Waals surface area contributed by atoms with Crippen LogP contribution in [0, 0.1) is 33.5 Å². The van der Waals surface area contributed by atoms with E-state index in [1.54, 1.807) is 50.5 Å². The van der Waals surface area contributed by atoms with E-state index in [9.17, 15) is 22.4 Å². The predicted octanol–water partition coefficient (Wildman–Crippen LogP) is 3.54. The fraction of sp³-hybridized carbons (Fsp3) is 0.217. The number of aromatic nitrogens is 1. The summed E-state index contributed by atoms with van der Waals surface area (Å²) in [7, 11) is -4.01. The minimum absolute atomic E-state index is 0.0342. The Morgan fingerprint density at radius 2 is 1.66 bits per heavy atom. The number of carbonyl (C=O) groups is 2. The van der Waals surface area contributed by atoms with Crippen LogP contribution in [0.1, 0.15) is 43.2 Å². The van der Waals surface area contributed by atoms with Crippen molar-refractivity contribution >= 4 is 21.8 Å². The molecule has 1 aromatic heterocycles. The van der Waals surface area contributed by atoms with E-state index in [0.717, 1.165) is 11.8 Å². The van der Waals surface area contributed by atoms with Gasteiger partial charge in [-0.1, -0.05) is 12.1 Å². The minimum atomic E-state index is -4.01. The van der Waals surface area contributed by atoms with Crippen molar-refractivity contribution in [3.8, 4) is 5.69 Å². The van der Waals surface area contributed by atoms with Crippen molar-refractivity contribution in [3.05, 3.63) is 81.9 Å². The van der Waals surface area contributed by atoms with Crippen molar-refractivity contribution in [2.24, 2.45) is 5.14 Å². The number of rotatable bonds is 6. The van der Waals surface area contributed by atoms with E-state index in [1.807, 2.05) is 0 Å². The Hall–Kier alpha value is -3.30. The molecular weight excluding hydrogens is 435 g/mol. The zero-order valence-electron chi connectivity index (χ0n) is 18.1. The average molecular weight is 459 g/mol. The van der Waals surface area contributed by atoms with E-state index in [2.05, 4.69) is 0 Å². The van der Waals surface area contributed by atoms with Gasteiger partial charge in [-0.2, -0.15) is 0 Å². The maximum absolute atomic E-state index is 14.0. The summed E-state index contributed by atoms with van der Waals surface area (Å²) < 4.78 is 44.2. The molecule has 0 unspecified atom stereocenters. The number of carbonyl (C=O) groups excluding carboxylic acids is 2. The van der Waals surface area contributed by atoms with Crippen molar-refractivity contribution in [3.63, 3.8) is 0 Å². The summed E-state index contributed by atoms with van der Waals surface area (Å²) in [6.07, 6.45) is 0. The fourth-order valence-electron chi connectivity index (χ4n) is 3.49. The quantitative estimate of drug-likeness (QED) is 0.449. The first-order valence-corrected chi connectivity index (χ1v) is 11.2. The molecule has 7 nitrogen and oxygen atoms in total. The second kappa shape index (κ2) is 8.68. The number of benzene rings is 2. The molecule has 32 heavy (non-hydrogen) atoms. The first-order chi connectivity index (χ1) is 14.9. The van der Waals surface area contributed by atoms with Crippen molar-refractivity contribution in [1.29, 1.82) is 0 Å². The molecule has 3 rings (SSSR count). The summed E-state index contributed by atoms with van der Waals surface area (Å²) in [5, 5.41) is 5.16. The number of hydrogen-bond acceptors (Lipinski definition) is 5. The van der Waals surface area contributed by atoms with Crippen molar-refractivity contribution in [1.82, 2.24) is 4.57 Å². The van der Waals surface area contributed by atoms with Crippen LogP contribution in [0.3, 0.4) is 0 Å². The normalized spacial score (nSPS) is 11.4. The van der Waals surface area contributed by atoms with Gasteiger partial charge in [0.25, 0.3) is 0 Å². The van der Waals surface area contributed by atoms with Crippen LogP contribution in [0.25, 0.3) is 5.69 Å². The third-order valence-corrected chi connectivity index (χ3v) is 6.26. The van der Waals surface area contributed by atoms with Gasteiger partial charge in [0.1, 0.15) is 5.82 Å². The van der Waals surface area contributed by atoms with Gasteiger partial charge in [-0.15, -0.1) is 0 Å². The predicted molar refractivity (Wildman–Crippen MR) is 117 cm³/mol. The van der Waals surface area contributed by atoms with Crippen LogP contribution in [0.15, 0.2) is 47.4 Å². The molecule has 0 saturated heterocycles. The zero-order valence-corrected chi connectivity index (χ0v) is 18.9. The largest absolute Gasteiger partial charge is 0.454 e. The van der Waals surface area contributed by atoms with E-state index in [1.165, 1.54) is 18.2 Å². The zero-order chi connectivity index (χ0) is 23.8.